The molecule has 1 fully saturated rings. The van der Waals surface area contributed by atoms with Crippen molar-refractivity contribution in [3.63, 3.8) is 0 Å². The third-order valence-electron chi connectivity index (χ3n) is 5.61. The number of carbonyl (C=O) groups excluding carboxylic acids is 1. The first-order valence-electron chi connectivity index (χ1n) is 9.10. The summed E-state index contributed by atoms with van der Waals surface area (Å²) in [5.41, 5.74) is 0.790. The van der Waals surface area contributed by atoms with E-state index in [-0.39, 0.29) is 11.9 Å². The van der Waals surface area contributed by atoms with E-state index in [1.807, 2.05) is 23.8 Å². The summed E-state index contributed by atoms with van der Waals surface area (Å²) < 4.78 is 1.57. The van der Waals surface area contributed by atoms with E-state index in [0.29, 0.717) is 11.5 Å². The molecule has 2 atom stereocenters. The van der Waals surface area contributed by atoms with Crippen LogP contribution < -0.4 is 5.32 Å². The summed E-state index contributed by atoms with van der Waals surface area (Å²) in [6, 6.07) is 3.61. The highest BCUT2D eigenvalue weighted by Gasteiger charge is 2.41. The number of nitrogens with zero attached hydrogens (tertiary/aromatic N) is 4. The SMILES string of the molecule is CC1CCC([C@@](C)(NC(=O)c2ccsc2)c2cn([C@H](C)C#N)nn2)CC1. The smallest absolute Gasteiger partial charge is 0.252 e. The van der Waals surface area contributed by atoms with Crippen molar-refractivity contribution < 1.29 is 4.79 Å². The van der Waals surface area contributed by atoms with Gasteiger partial charge < -0.3 is 5.32 Å². The van der Waals surface area contributed by atoms with Crippen molar-refractivity contribution in [3.05, 3.63) is 34.3 Å². The summed E-state index contributed by atoms with van der Waals surface area (Å²) in [7, 11) is 0. The van der Waals surface area contributed by atoms with Crippen LogP contribution in [0.4, 0.5) is 0 Å². The van der Waals surface area contributed by atoms with Gasteiger partial charge in [0.1, 0.15) is 11.7 Å². The Bertz CT molecular complexity index is 785. The second kappa shape index (κ2) is 7.58. The van der Waals surface area contributed by atoms with Crippen LogP contribution in [-0.2, 0) is 5.54 Å². The first-order valence-corrected chi connectivity index (χ1v) is 10.0. The van der Waals surface area contributed by atoms with Crippen LogP contribution in [0, 0.1) is 23.2 Å². The van der Waals surface area contributed by atoms with Crippen molar-refractivity contribution in [2.24, 2.45) is 11.8 Å². The van der Waals surface area contributed by atoms with Crippen molar-refractivity contribution in [3.8, 4) is 6.07 Å². The van der Waals surface area contributed by atoms with Gasteiger partial charge in [-0.25, -0.2) is 4.68 Å². The number of thiophene rings is 1. The van der Waals surface area contributed by atoms with Crippen LogP contribution in [0.5, 0.6) is 0 Å². The molecule has 0 spiro atoms. The summed E-state index contributed by atoms with van der Waals surface area (Å²) in [4.78, 5) is 12.8. The average Bonchev–Trinajstić information content (AvgIpc) is 3.33. The molecule has 3 rings (SSSR count). The van der Waals surface area contributed by atoms with Gasteiger partial charge >= 0.3 is 0 Å². The highest BCUT2D eigenvalue weighted by atomic mass is 32.1. The number of rotatable bonds is 5. The average molecular weight is 372 g/mol. The van der Waals surface area contributed by atoms with E-state index in [9.17, 15) is 4.79 Å². The summed E-state index contributed by atoms with van der Waals surface area (Å²) in [6.45, 7) is 6.10. The number of aromatic nitrogens is 3. The van der Waals surface area contributed by atoms with Crippen LogP contribution >= 0.6 is 11.3 Å². The van der Waals surface area contributed by atoms with Gasteiger partial charge in [-0.2, -0.15) is 16.6 Å². The quantitative estimate of drug-likeness (QED) is 0.864. The monoisotopic (exact) mass is 371 g/mol. The molecule has 2 aromatic rings. The second-order valence-electron chi connectivity index (χ2n) is 7.51. The zero-order chi connectivity index (χ0) is 18.7. The molecule has 0 aliphatic heterocycles. The molecular weight excluding hydrogens is 346 g/mol. The third kappa shape index (κ3) is 3.65. The highest BCUT2D eigenvalue weighted by molar-refractivity contribution is 7.08. The Morgan fingerprint density at radius 3 is 2.81 bits per heavy atom. The first kappa shape index (κ1) is 18.6. The summed E-state index contributed by atoms with van der Waals surface area (Å²) in [5.74, 6) is 0.927. The number of amides is 1. The minimum Gasteiger partial charge on any atom is -0.341 e. The lowest BCUT2D eigenvalue weighted by molar-refractivity contribution is 0.0813. The molecule has 2 heterocycles. The van der Waals surface area contributed by atoms with Gasteiger partial charge in [0.05, 0.1) is 23.4 Å². The van der Waals surface area contributed by atoms with E-state index in [0.717, 1.165) is 37.3 Å². The van der Waals surface area contributed by atoms with Crippen LogP contribution in [-0.4, -0.2) is 20.9 Å². The molecule has 1 saturated carbocycles. The minimum absolute atomic E-state index is 0.0877. The molecule has 0 aromatic carbocycles. The van der Waals surface area contributed by atoms with Gasteiger partial charge in [-0.3, -0.25) is 4.79 Å². The zero-order valence-corrected chi connectivity index (χ0v) is 16.3. The van der Waals surface area contributed by atoms with E-state index in [2.05, 4.69) is 28.6 Å². The Hall–Kier alpha value is -2.20. The molecule has 2 aromatic heterocycles. The van der Waals surface area contributed by atoms with Crippen LogP contribution in [0.25, 0.3) is 0 Å². The van der Waals surface area contributed by atoms with Crippen molar-refractivity contribution >= 4 is 17.2 Å². The molecule has 0 bridgehead atoms. The third-order valence-corrected chi connectivity index (χ3v) is 6.30. The predicted octanol–water partition coefficient (Wildman–Crippen LogP) is 3.90. The maximum absolute atomic E-state index is 12.8. The van der Waals surface area contributed by atoms with Gasteiger partial charge in [0.2, 0.25) is 0 Å². The number of nitrogens with one attached hydrogen (secondary N) is 1. The van der Waals surface area contributed by atoms with Gasteiger partial charge in [-0.15, -0.1) is 5.10 Å². The van der Waals surface area contributed by atoms with E-state index < -0.39 is 5.54 Å². The molecule has 1 N–H and O–H groups in total. The van der Waals surface area contributed by atoms with Crippen LogP contribution in [0.15, 0.2) is 23.0 Å². The van der Waals surface area contributed by atoms with Crippen LogP contribution in [0.1, 0.15) is 68.5 Å². The maximum atomic E-state index is 12.8. The first-order chi connectivity index (χ1) is 12.4. The van der Waals surface area contributed by atoms with Gasteiger partial charge in [0, 0.05) is 5.38 Å². The van der Waals surface area contributed by atoms with E-state index >= 15 is 0 Å². The van der Waals surface area contributed by atoms with Crippen molar-refractivity contribution in [1.82, 2.24) is 20.3 Å². The molecule has 0 saturated heterocycles. The van der Waals surface area contributed by atoms with Gasteiger partial charge in [0.25, 0.3) is 5.91 Å². The predicted molar refractivity (Wildman–Crippen MR) is 101 cm³/mol. The standard InChI is InChI=1S/C19H25N5OS/c1-13-4-6-16(7-5-13)19(3,21-18(25)15-8-9-26-12-15)17-11-24(23-22-17)14(2)10-20/h8-9,11-14,16H,4-7H2,1-3H3,(H,21,25)/t13?,14-,16?,19-/m1/s1. The molecule has 26 heavy (non-hydrogen) atoms. The Morgan fingerprint density at radius 1 is 1.46 bits per heavy atom. The van der Waals surface area contributed by atoms with E-state index in [4.69, 9.17) is 5.26 Å². The maximum Gasteiger partial charge on any atom is 0.252 e. The number of hydrogen-bond acceptors (Lipinski definition) is 5. The molecule has 7 heteroatoms. The van der Waals surface area contributed by atoms with Crippen molar-refractivity contribution in [2.75, 3.05) is 0 Å². The van der Waals surface area contributed by atoms with E-state index in [1.165, 1.54) is 11.3 Å². The second-order valence-corrected chi connectivity index (χ2v) is 8.29. The lowest BCUT2D eigenvalue weighted by Crippen LogP contribution is -2.50. The molecule has 1 aliphatic carbocycles. The van der Waals surface area contributed by atoms with Crippen molar-refractivity contribution in [1.29, 1.82) is 5.26 Å². The summed E-state index contributed by atoms with van der Waals surface area (Å²) >= 11 is 1.51. The molecule has 1 aliphatic rings. The molecule has 1 amide bonds. The van der Waals surface area contributed by atoms with Crippen molar-refractivity contribution in [2.45, 2.75) is 58.0 Å². The lowest BCUT2D eigenvalue weighted by atomic mass is 9.71. The Balaban J connectivity index is 1.91. The number of carbonyl (C=O) groups is 1. The Morgan fingerprint density at radius 2 is 2.19 bits per heavy atom. The fraction of sp³-hybridized carbons (Fsp3) is 0.579. The highest BCUT2D eigenvalue weighted by Crippen LogP contribution is 2.40. The van der Waals surface area contributed by atoms with Gasteiger partial charge in [-0.05, 0) is 50.0 Å². The number of hydrogen-bond donors (Lipinski definition) is 1. The molecular formula is C19H25N5OS. The Kier molecular flexibility index (Phi) is 5.42. The summed E-state index contributed by atoms with van der Waals surface area (Å²) in [6.07, 6.45) is 6.19. The normalized spacial score (nSPS) is 23.6. The number of nitriles is 1. The van der Waals surface area contributed by atoms with Crippen LogP contribution in [0.3, 0.4) is 0 Å². The van der Waals surface area contributed by atoms with Gasteiger partial charge in [-0.1, -0.05) is 25.0 Å². The Labute approximate surface area is 158 Å². The topological polar surface area (TPSA) is 83.6 Å². The fourth-order valence-corrected chi connectivity index (χ4v) is 4.31. The lowest BCUT2D eigenvalue weighted by Gasteiger charge is -2.40. The zero-order valence-electron chi connectivity index (χ0n) is 15.5. The van der Waals surface area contributed by atoms with Crippen LogP contribution in [0.2, 0.25) is 0 Å². The van der Waals surface area contributed by atoms with Gasteiger partial charge in [0.15, 0.2) is 0 Å². The largest absolute Gasteiger partial charge is 0.341 e. The molecule has 6 nitrogen and oxygen atoms in total. The fourth-order valence-electron chi connectivity index (χ4n) is 3.68. The van der Waals surface area contributed by atoms with E-state index in [1.54, 1.807) is 17.8 Å². The molecule has 0 radical (unpaired) electrons. The minimum atomic E-state index is -0.605. The molecule has 138 valence electrons. The summed E-state index contributed by atoms with van der Waals surface area (Å²) in [5, 5.41) is 24.6. The molecule has 0 unspecified atom stereocenters.